The Morgan fingerprint density at radius 2 is 1.03 bits per heavy atom. The van der Waals surface area contributed by atoms with E-state index in [-0.39, 0.29) is 53.0 Å². The molecule has 35 heavy (non-hydrogen) atoms. The summed E-state index contributed by atoms with van der Waals surface area (Å²) in [6.45, 7) is 0.963. The van der Waals surface area contributed by atoms with Crippen molar-refractivity contribution in [1.82, 2.24) is 0 Å². The van der Waals surface area contributed by atoms with Crippen LogP contribution in [0.1, 0.15) is 0 Å². The highest BCUT2D eigenvalue weighted by atomic mass is 32.2. The molecule has 0 radical (unpaired) electrons. The summed E-state index contributed by atoms with van der Waals surface area (Å²) in [4.78, 5) is 44.6. The first kappa shape index (κ1) is 35.7. The smallest absolute Gasteiger partial charge is 0.316 e. The third kappa shape index (κ3) is 29.1. The quantitative estimate of drug-likeness (QED) is 0.0360. The molecule has 2 N–H and O–H groups in total. The van der Waals surface area contributed by atoms with Gasteiger partial charge in [-0.2, -0.15) is 0 Å². The predicted molar refractivity (Wildman–Crippen MR) is 151 cm³/mol. The molecule has 0 unspecified atom stereocenters. The van der Waals surface area contributed by atoms with Gasteiger partial charge in [0, 0.05) is 27.4 Å². The predicted octanol–water partition coefficient (Wildman–Crippen LogP) is 2.43. The molecule has 0 saturated heterocycles. The van der Waals surface area contributed by atoms with Crippen LogP contribution in [-0.2, 0) is 38.4 Å². The first-order valence-corrected chi connectivity index (χ1v) is 18.2. The van der Waals surface area contributed by atoms with Crippen molar-refractivity contribution < 1.29 is 48.6 Å². The van der Waals surface area contributed by atoms with Crippen LogP contribution in [0, 0.1) is 0 Å². The maximum atomic E-state index is 11.6. The Balaban J connectivity index is 3.34. The zero-order valence-corrected chi connectivity index (χ0v) is 24.8. The monoisotopic (exact) mass is 632 g/mol. The molecule has 0 rings (SSSR count). The fourth-order valence-electron chi connectivity index (χ4n) is 1.60. The molecule has 17 heteroatoms. The van der Waals surface area contributed by atoms with E-state index in [9.17, 15) is 14.4 Å². The molecule has 0 aromatic heterocycles. The lowest BCUT2D eigenvalue weighted by molar-refractivity contribution is -0.274. The maximum absolute atomic E-state index is 11.6. The molecule has 0 spiro atoms. The van der Waals surface area contributed by atoms with Gasteiger partial charge in [-0.1, -0.05) is 11.8 Å². The molecule has 0 heterocycles. The summed E-state index contributed by atoms with van der Waals surface area (Å²) in [7, 11) is 0. The number of carbonyl (C=O) groups excluding carboxylic acids is 3. The van der Waals surface area contributed by atoms with Gasteiger partial charge in [0.2, 0.25) is 0 Å². The minimum Gasteiger partial charge on any atom is -0.464 e. The Morgan fingerprint density at radius 1 is 0.514 bits per heavy atom. The van der Waals surface area contributed by atoms with E-state index in [1.807, 2.05) is 0 Å². The van der Waals surface area contributed by atoms with Crippen molar-refractivity contribution in [3.63, 3.8) is 0 Å². The van der Waals surface area contributed by atoms with Gasteiger partial charge in [-0.05, 0) is 0 Å². The van der Waals surface area contributed by atoms with Gasteiger partial charge in [-0.25, -0.2) is 9.78 Å². The van der Waals surface area contributed by atoms with Gasteiger partial charge in [0.1, 0.15) is 25.1 Å². The Kier molecular flexibility index (Phi) is 29.8. The summed E-state index contributed by atoms with van der Waals surface area (Å²) in [5.74, 6) is 1.67. The minimum absolute atomic E-state index is 0.0518. The standard InChI is InChI=1S/C18H32O10S7/c19-10-33-14-30-4-1-24-16(21)7-29-6-3-27-28-13-35-12-26-18(23)9-32-8-17(22)25-2-5-31-15-34-11-20/h19-20H,1-15H2. The number of ether oxygens (including phenoxy) is 3. The number of hydrogen-bond donors (Lipinski definition) is 2. The second-order valence-electron chi connectivity index (χ2n) is 5.60. The van der Waals surface area contributed by atoms with Crippen LogP contribution < -0.4 is 0 Å². The van der Waals surface area contributed by atoms with E-state index in [0.29, 0.717) is 37.1 Å². The van der Waals surface area contributed by atoms with Gasteiger partial charge in [0.15, 0.2) is 0 Å². The lowest BCUT2D eigenvalue weighted by Gasteiger charge is -2.06. The highest BCUT2D eigenvalue weighted by molar-refractivity contribution is 8.16. The highest BCUT2D eigenvalue weighted by Crippen LogP contribution is 2.11. The van der Waals surface area contributed by atoms with E-state index in [1.165, 1.54) is 47.0 Å². The van der Waals surface area contributed by atoms with Crippen LogP contribution in [0.15, 0.2) is 0 Å². The maximum Gasteiger partial charge on any atom is 0.316 e. The van der Waals surface area contributed by atoms with Gasteiger partial charge in [0.05, 0.1) is 35.7 Å². The van der Waals surface area contributed by atoms with Crippen LogP contribution in [0.2, 0.25) is 0 Å². The summed E-state index contributed by atoms with van der Waals surface area (Å²) in [6.07, 6.45) is 0. The number of carbonyl (C=O) groups is 3. The van der Waals surface area contributed by atoms with Crippen LogP contribution >= 0.6 is 82.3 Å². The van der Waals surface area contributed by atoms with E-state index >= 15 is 0 Å². The SMILES string of the molecule is O=C(CSCCOOCSCOC(=O)CSCC(=O)OCCSCSCO)OCCSCSCO. The number of aliphatic hydroxyl groups is 2. The lowest BCUT2D eigenvalue weighted by Crippen LogP contribution is -2.13. The minimum atomic E-state index is -0.432. The van der Waals surface area contributed by atoms with E-state index in [1.54, 1.807) is 23.5 Å². The van der Waals surface area contributed by atoms with Crippen molar-refractivity contribution in [2.24, 2.45) is 0 Å². The van der Waals surface area contributed by atoms with Gasteiger partial charge >= 0.3 is 17.9 Å². The molecule has 0 aromatic rings. The largest absolute Gasteiger partial charge is 0.464 e. The Hall–Kier alpha value is 0.700. The first-order chi connectivity index (χ1) is 17.1. The third-order valence-corrected chi connectivity index (χ3v) is 9.25. The van der Waals surface area contributed by atoms with Crippen LogP contribution in [-0.4, -0.2) is 116 Å². The van der Waals surface area contributed by atoms with Gasteiger partial charge in [0.25, 0.3) is 0 Å². The average molecular weight is 633 g/mol. The zero-order chi connectivity index (χ0) is 25.8. The molecule has 0 saturated carbocycles. The molecule has 0 aliphatic carbocycles. The molecular weight excluding hydrogens is 601 g/mol. The summed E-state index contributed by atoms with van der Waals surface area (Å²) in [5, 5.41) is 18.8. The number of hydrogen-bond acceptors (Lipinski definition) is 17. The molecule has 0 amide bonds. The highest BCUT2D eigenvalue weighted by Gasteiger charge is 2.08. The van der Waals surface area contributed by atoms with Crippen molar-refractivity contribution >= 4 is 100 Å². The second kappa shape index (κ2) is 29.3. The van der Waals surface area contributed by atoms with E-state index in [4.69, 9.17) is 34.2 Å². The summed E-state index contributed by atoms with van der Waals surface area (Å²) in [6, 6.07) is 0. The van der Waals surface area contributed by atoms with Crippen molar-refractivity contribution in [3.05, 3.63) is 0 Å². The lowest BCUT2D eigenvalue weighted by atomic mass is 10.7. The molecule has 0 aliphatic heterocycles. The van der Waals surface area contributed by atoms with Gasteiger partial charge in [-0.15, -0.1) is 70.6 Å². The van der Waals surface area contributed by atoms with Crippen LogP contribution in [0.3, 0.4) is 0 Å². The topological polar surface area (TPSA) is 138 Å². The fraction of sp³-hybridized carbons (Fsp3) is 0.833. The molecule has 0 fully saturated rings. The fourth-order valence-corrected chi connectivity index (χ4v) is 6.08. The number of thioether (sulfide) groups is 7. The van der Waals surface area contributed by atoms with Crippen molar-refractivity contribution in [3.8, 4) is 0 Å². The van der Waals surface area contributed by atoms with Crippen molar-refractivity contribution in [2.75, 3.05) is 88.3 Å². The van der Waals surface area contributed by atoms with E-state index in [2.05, 4.69) is 0 Å². The molecule has 206 valence electrons. The first-order valence-electron chi connectivity index (χ1n) is 10.1. The normalized spacial score (nSPS) is 10.8. The molecule has 10 nitrogen and oxygen atoms in total. The Morgan fingerprint density at radius 3 is 1.60 bits per heavy atom. The van der Waals surface area contributed by atoms with Crippen LogP contribution in [0.5, 0.6) is 0 Å². The van der Waals surface area contributed by atoms with Crippen molar-refractivity contribution in [2.45, 2.75) is 0 Å². The summed E-state index contributed by atoms with van der Waals surface area (Å²) >= 11 is 9.69. The molecule has 0 bridgehead atoms. The molecule has 0 aliphatic rings. The van der Waals surface area contributed by atoms with E-state index in [0.717, 1.165) is 21.9 Å². The van der Waals surface area contributed by atoms with Crippen molar-refractivity contribution in [1.29, 1.82) is 0 Å². The van der Waals surface area contributed by atoms with Crippen LogP contribution in [0.25, 0.3) is 0 Å². The summed E-state index contributed by atoms with van der Waals surface area (Å²) < 4.78 is 15.1. The third-order valence-electron chi connectivity index (χ3n) is 2.99. The number of aliphatic hydroxyl groups excluding tert-OH is 2. The number of rotatable bonds is 26. The molecular formula is C18H32O10S7. The van der Waals surface area contributed by atoms with Gasteiger partial charge < -0.3 is 24.4 Å². The zero-order valence-electron chi connectivity index (χ0n) is 19.1. The molecule has 0 atom stereocenters. The Bertz CT molecular complexity index is 534. The Labute approximate surface area is 235 Å². The van der Waals surface area contributed by atoms with Gasteiger partial charge in [-0.3, -0.25) is 14.4 Å². The number of esters is 3. The summed E-state index contributed by atoms with van der Waals surface area (Å²) in [5.41, 5.74) is 0. The van der Waals surface area contributed by atoms with Crippen LogP contribution in [0.4, 0.5) is 0 Å². The second-order valence-corrected chi connectivity index (χ2v) is 13.4. The molecule has 0 aromatic carbocycles. The van der Waals surface area contributed by atoms with E-state index < -0.39 is 5.97 Å². The average Bonchev–Trinajstić information content (AvgIpc) is 2.84.